The van der Waals surface area contributed by atoms with E-state index in [9.17, 15) is 9.59 Å². The number of pyridine rings is 1. The second-order valence-electron chi connectivity index (χ2n) is 8.05. The summed E-state index contributed by atoms with van der Waals surface area (Å²) in [5, 5.41) is 6.43. The molecule has 1 aliphatic rings. The number of ether oxygens (including phenoxy) is 1. The molecule has 0 spiro atoms. The van der Waals surface area contributed by atoms with E-state index in [2.05, 4.69) is 5.32 Å². The Morgan fingerprint density at radius 1 is 1.12 bits per heavy atom. The van der Waals surface area contributed by atoms with Gasteiger partial charge in [-0.2, -0.15) is 0 Å². The molecule has 1 N–H and O–H groups in total. The van der Waals surface area contributed by atoms with Gasteiger partial charge in [0.1, 0.15) is 5.00 Å². The van der Waals surface area contributed by atoms with Crippen LogP contribution in [-0.2, 0) is 17.6 Å². The van der Waals surface area contributed by atoms with Gasteiger partial charge in [-0.3, -0.25) is 4.79 Å². The molecular weight excluding hydrogens is 452 g/mol. The van der Waals surface area contributed by atoms with E-state index >= 15 is 0 Å². The average Bonchev–Trinajstić information content (AvgIpc) is 3.50. The van der Waals surface area contributed by atoms with Crippen LogP contribution in [-0.4, -0.2) is 23.5 Å². The fourth-order valence-corrected chi connectivity index (χ4v) is 6.18. The highest BCUT2D eigenvalue weighted by molar-refractivity contribution is 7.17. The van der Waals surface area contributed by atoms with Gasteiger partial charge in [-0.05, 0) is 61.2 Å². The van der Waals surface area contributed by atoms with Crippen LogP contribution in [0.3, 0.4) is 0 Å². The molecule has 0 fully saturated rings. The Balaban J connectivity index is 1.55. The smallest absolute Gasteiger partial charge is 0.341 e. The zero-order chi connectivity index (χ0) is 22.8. The van der Waals surface area contributed by atoms with Crippen LogP contribution >= 0.6 is 22.7 Å². The summed E-state index contributed by atoms with van der Waals surface area (Å²) >= 11 is 3.10. The first-order valence-corrected chi connectivity index (χ1v) is 12.9. The van der Waals surface area contributed by atoms with Gasteiger partial charge in [0.25, 0.3) is 5.91 Å². The monoisotopic (exact) mass is 476 g/mol. The summed E-state index contributed by atoms with van der Waals surface area (Å²) in [4.78, 5) is 33.4. The van der Waals surface area contributed by atoms with Crippen molar-refractivity contribution in [1.82, 2.24) is 4.98 Å². The van der Waals surface area contributed by atoms with Crippen LogP contribution in [0.2, 0.25) is 0 Å². The molecule has 0 saturated carbocycles. The van der Waals surface area contributed by atoms with Crippen molar-refractivity contribution in [3.05, 3.63) is 69.4 Å². The maximum absolute atomic E-state index is 13.6. The van der Waals surface area contributed by atoms with E-state index in [1.165, 1.54) is 16.2 Å². The molecule has 3 heterocycles. The second kappa shape index (κ2) is 9.45. The lowest BCUT2D eigenvalue weighted by Crippen LogP contribution is -2.16. The molecule has 3 aromatic heterocycles. The third-order valence-electron chi connectivity index (χ3n) is 5.77. The molecule has 5 rings (SSSR count). The highest BCUT2D eigenvalue weighted by atomic mass is 32.1. The zero-order valence-corrected chi connectivity index (χ0v) is 20.0. The predicted octanol–water partition coefficient (Wildman–Crippen LogP) is 6.72. The van der Waals surface area contributed by atoms with Crippen LogP contribution in [0, 0.1) is 0 Å². The molecule has 1 aromatic carbocycles. The van der Waals surface area contributed by atoms with E-state index in [0.29, 0.717) is 22.7 Å². The number of para-hydroxylation sites is 1. The van der Waals surface area contributed by atoms with Gasteiger partial charge in [0.2, 0.25) is 0 Å². The molecule has 0 aliphatic heterocycles. The number of carbonyl (C=O) groups is 2. The SMILES string of the molecule is CCCOC(=O)c1c(NC(=O)c2cc(-c3cccs3)nc3ccccc23)sc2c1CCCC2. The summed E-state index contributed by atoms with van der Waals surface area (Å²) in [6.07, 6.45) is 4.69. The minimum Gasteiger partial charge on any atom is -0.462 e. The van der Waals surface area contributed by atoms with Crippen molar-refractivity contribution < 1.29 is 14.3 Å². The van der Waals surface area contributed by atoms with Crippen LogP contribution in [0.15, 0.2) is 47.8 Å². The summed E-state index contributed by atoms with van der Waals surface area (Å²) < 4.78 is 5.48. The number of aromatic nitrogens is 1. The highest BCUT2D eigenvalue weighted by Gasteiger charge is 2.28. The average molecular weight is 477 g/mol. The van der Waals surface area contributed by atoms with Gasteiger partial charge in [-0.15, -0.1) is 22.7 Å². The number of benzene rings is 1. The molecule has 168 valence electrons. The number of aryl methyl sites for hydroxylation is 1. The van der Waals surface area contributed by atoms with Crippen molar-refractivity contribution in [2.45, 2.75) is 39.0 Å². The lowest BCUT2D eigenvalue weighted by molar-refractivity contribution is 0.0505. The number of nitrogens with one attached hydrogen (secondary N) is 1. The maximum Gasteiger partial charge on any atom is 0.341 e. The van der Waals surface area contributed by atoms with Crippen LogP contribution < -0.4 is 5.32 Å². The molecule has 1 amide bonds. The Bertz CT molecular complexity index is 1330. The first kappa shape index (κ1) is 21.8. The third kappa shape index (κ3) is 4.30. The Labute approximate surface area is 200 Å². The van der Waals surface area contributed by atoms with Gasteiger partial charge in [0.05, 0.1) is 33.8 Å². The van der Waals surface area contributed by atoms with Crippen molar-refractivity contribution in [3.8, 4) is 10.6 Å². The van der Waals surface area contributed by atoms with Crippen LogP contribution in [0.25, 0.3) is 21.5 Å². The number of hydrogen-bond donors (Lipinski definition) is 1. The van der Waals surface area contributed by atoms with E-state index in [-0.39, 0.29) is 11.9 Å². The molecule has 0 atom stereocenters. The van der Waals surface area contributed by atoms with Gasteiger partial charge in [-0.25, -0.2) is 9.78 Å². The molecule has 1 aliphatic carbocycles. The normalized spacial score (nSPS) is 13.0. The minimum atomic E-state index is -0.342. The van der Waals surface area contributed by atoms with Gasteiger partial charge >= 0.3 is 5.97 Å². The minimum absolute atomic E-state index is 0.241. The molecule has 4 aromatic rings. The Kier molecular flexibility index (Phi) is 6.24. The number of anilines is 1. The first-order valence-electron chi connectivity index (χ1n) is 11.2. The third-order valence-corrected chi connectivity index (χ3v) is 7.87. The molecule has 0 bridgehead atoms. The Morgan fingerprint density at radius 2 is 1.97 bits per heavy atom. The summed E-state index contributed by atoms with van der Waals surface area (Å²) in [5.74, 6) is -0.583. The van der Waals surface area contributed by atoms with Gasteiger partial charge in [0, 0.05) is 10.3 Å². The number of thiophene rings is 2. The van der Waals surface area contributed by atoms with E-state index in [1.54, 1.807) is 11.3 Å². The summed E-state index contributed by atoms with van der Waals surface area (Å²) in [6.45, 7) is 2.34. The van der Waals surface area contributed by atoms with Crippen LogP contribution in [0.5, 0.6) is 0 Å². The first-order chi connectivity index (χ1) is 16.2. The number of hydrogen-bond acceptors (Lipinski definition) is 6. The van der Waals surface area contributed by atoms with E-state index in [4.69, 9.17) is 9.72 Å². The van der Waals surface area contributed by atoms with Gasteiger partial charge < -0.3 is 10.1 Å². The fraction of sp³-hybridized carbons (Fsp3) is 0.269. The standard InChI is InChI=1S/C26H24N2O3S2/c1-2-13-31-26(30)23-17-9-4-6-11-21(17)33-25(23)28-24(29)18-15-20(22-12-7-14-32-22)27-19-10-5-3-8-16(18)19/h3,5,7-8,10,12,14-15H,2,4,6,9,11,13H2,1H3,(H,28,29). The highest BCUT2D eigenvalue weighted by Crippen LogP contribution is 2.39. The number of esters is 1. The van der Waals surface area contributed by atoms with Crippen LogP contribution in [0.1, 0.15) is 57.3 Å². The molecule has 0 radical (unpaired) electrons. The lowest BCUT2D eigenvalue weighted by Gasteiger charge is -2.13. The van der Waals surface area contributed by atoms with Gasteiger partial charge in [-0.1, -0.05) is 31.2 Å². The largest absolute Gasteiger partial charge is 0.462 e. The molecule has 33 heavy (non-hydrogen) atoms. The summed E-state index contributed by atoms with van der Waals surface area (Å²) in [5.41, 5.74) is 3.65. The van der Waals surface area contributed by atoms with Crippen molar-refractivity contribution >= 4 is 50.5 Å². The van der Waals surface area contributed by atoms with Crippen molar-refractivity contribution in [2.75, 3.05) is 11.9 Å². The number of nitrogens with zero attached hydrogens (tertiary/aromatic N) is 1. The molecule has 5 nitrogen and oxygen atoms in total. The van der Waals surface area contributed by atoms with E-state index in [0.717, 1.165) is 59.1 Å². The predicted molar refractivity (Wildman–Crippen MR) is 135 cm³/mol. The van der Waals surface area contributed by atoms with Gasteiger partial charge in [0.15, 0.2) is 0 Å². The maximum atomic E-state index is 13.6. The number of fused-ring (bicyclic) bond motifs is 2. The molecule has 0 saturated heterocycles. The molecular formula is C26H24N2O3S2. The number of amides is 1. The second-order valence-corrected chi connectivity index (χ2v) is 10.1. The molecule has 0 unspecified atom stereocenters. The topological polar surface area (TPSA) is 68.3 Å². The summed E-state index contributed by atoms with van der Waals surface area (Å²) in [6, 6.07) is 13.5. The Hall–Kier alpha value is -3.03. The number of rotatable bonds is 6. The Morgan fingerprint density at radius 3 is 2.79 bits per heavy atom. The van der Waals surface area contributed by atoms with Crippen molar-refractivity contribution in [3.63, 3.8) is 0 Å². The van der Waals surface area contributed by atoms with E-state index in [1.807, 2.05) is 54.8 Å². The zero-order valence-electron chi connectivity index (χ0n) is 18.3. The van der Waals surface area contributed by atoms with E-state index < -0.39 is 0 Å². The summed E-state index contributed by atoms with van der Waals surface area (Å²) in [7, 11) is 0. The lowest BCUT2D eigenvalue weighted by atomic mass is 9.95. The van der Waals surface area contributed by atoms with Crippen LogP contribution in [0.4, 0.5) is 5.00 Å². The number of carbonyl (C=O) groups excluding carboxylic acids is 2. The van der Waals surface area contributed by atoms with Crippen molar-refractivity contribution in [2.24, 2.45) is 0 Å². The quantitative estimate of drug-likeness (QED) is 0.314. The fourth-order valence-electron chi connectivity index (χ4n) is 4.22. The molecule has 7 heteroatoms. The van der Waals surface area contributed by atoms with Crippen molar-refractivity contribution in [1.29, 1.82) is 0 Å².